The van der Waals surface area contributed by atoms with E-state index in [0.717, 1.165) is 38.4 Å². The second-order valence-electron chi connectivity index (χ2n) is 6.48. The minimum Gasteiger partial charge on any atom is -0.492 e. The smallest absolute Gasteiger partial charge is 0.337 e. The first kappa shape index (κ1) is 16.9. The Kier molecular flexibility index (Phi) is 5.15. The third-order valence-electron chi connectivity index (χ3n) is 4.59. The molecule has 1 unspecified atom stereocenters. The number of hydrogen-bond donors (Lipinski definition) is 0. The third kappa shape index (κ3) is 3.93. The van der Waals surface area contributed by atoms with Crippen molar-refractivity contribution in [3.05, 3.63) is 23.2 Å². The molecule has 1 aromatic heterocycles. The van der Waals surface area contributed by atoms with Crippen LogP contribution in [0, 0.1) is 0 Å². The van der Waals surface area contributed by atoms with Crippen LogP contribution in [0.2, 0.25) is 0 Å². The van der Waals surface area contributed by atoms with E-state index in [1.807, 2.05) is 6.20 Å². The number of carbonyl (C=O) groups excluding carboxylic acids is 1. The summed E-state index contributed by atoms with van der Waals surface area (Å²) in [5, 5.41) is 8.45. The van der Waals surface area contributed by atoms with E-state index >= 15 is 0 Å². The van der Waals surface area contributed by atoms with Gasteiger partial charge in [0.2, 0.25) is 0 Å². The SMILES string of the molecule is COC(=O)C1=C(C)OC(Cn2cc(CN3CCN(C)CC3)nn2)C1. The second kappa shape index (κ2) is 7.31. The molecule has 0 spiro atoms. The lowest BCUT2D eigenvalue weighted by Crippen LogP contribution is -2.43. The van der Waals surface area contributed by atoms with Gasteiger partial charge in [-0.15, -0.1) is 5.10 Å². The van der Waals surface area contributed by atoms with Gasteiger partial charge in [-0.25, -0.2) is 9.48 Å². The van der Waals surface area contributed by atoms with Crippen LogP contribution in [0.5, 0.6) is 0 Å². The molecule has 0 N–H and O–H groups in total. The Balaban J connectivity index is 1.51. The molecule has 3 rings (SSSR count). The second-order valence-corrected chi connectivity index (χ2v) is 6.48. The maximum atomic E-state index is 11.7. The fraction of sp³-hybridized carbons (Fsp3) is 0.688. The zero-order valence-corrected chi connectivity index (χ0v) is 14.6. The van der Waals surface area contributed by atoms with Crippen molar-refractivity contribution >= 4 is 5.97 Å². The Morgan fingerprint density at radius 2 is 2.12 bits per heavy atom. The number of likely N-dealkylation sites (N-methyl/N-ethyl adjacent to an activating group) is 1. The molecular formula is C16H25N5O3. The van der Waals surface area contributed by atoms with Gasteiger partial charge in [0.1, 0.15) is 11.9 Å². The molecule has 0 amide bonds. The van der Waals surface area contributed by atoms with E-state index in [4.69, 9.17) is 9.47 Å². The number of rotatable bonds is 5. The van der Waals surface area contributed by atoms with Crippen LogP contribution in [0.15, 0.2) is 17.5 Å². The molecule has 0 aromatic carbocycles. The highest BCUT2D eigenvalue weighted by atomic mass is 16.5. The van der Waals surface area contributed by atoms with Crippen molar-refractivity contribution in [2.75, 3.05) is 40.3 Å². The molecule has 8 nitrogen and oxygen atoms in total. The maximum Gasteiger partial charge on any atom is 0.337 e. The summed E-state index contributed by atoms with van der Waals surface area (Å²) in [6, 6.07) is 0. The van der Waals surface area contributed by atoms with Crippen molar-refractivity contribution in [2.24, 2.45) is 0 Å². The van der Waals surface area contributed by atoms with Crippen LogP contribution in [-0.4, -0.2) is 77.2 Å². The molecule has 0 saturated carbocycles. The average molecular weight is 335 g/mol. The largest absolute Gasteiger partial charge is 0.492 e. The molecule has 2 aliphatic rings. The summed E-state index contributed by atoms with van der Waals surface area (Å²) in [6.07, 6.45) is 2.41. The summed E-state index contributed by atoms with van der Waals surface area (Å²) in [4.78, 5) is 16.4. The van der Waals surface area contributed by atoms with Crippen LogP contribution in [0.25, 0.3) is 0 Å². The van der Waals surface area contributed by atoms with Crippen molar-refractivity contribution in [1.29, 1.82) is 0 Å². The normalized spacial score (nSPS) is 22.7. The number of aromatic nitrogens is 3. The molecule has 1 atom stereocenters. The first-order valence-corrected chi connectivity index (χ1v) is 8.29. The molecule has 132 valence electrons. The summed E-state index contributed by atoms with van der Waals surface area (Å²) < 4.78 is 12.3. The lowest BCUT2D eigenvalue weighted by atomic mass is 10.1. The average Bonchev–Trinajstić information content (AvgIpc) is 3.15. The molecular weight excluding hydrogens is 310 g/mol. The van der Waals surface area contributed by atoms with Gasteiger partial charge in [0.25, 0.3) is 0 Å². The van der Waals surface area contributed by atoms with E-state index in [-0.39, 0.29) is 12.1 Å². The Morgan fingerprint density at radius 1 is 1.38 bits per heavy atom. The number of esters is 1. The van der Waals surface area contributed by atoms with Crippen LogP contribution in [0.3, 0.4) is 0 Å². The molecule has 2 aliphatic heterocycles. The van der Waals surface area contributed by atoms with Crippen LogP contribution < -0.4 is 0 Å². The maximum absolute atomic E-state index is 11.7. The first-order chi connectivity index (χ1) is 11.5. The van der Waals surface area contributed by atoms with Crippen LogP contribution in [-0.2, 0) is 27.4 Å². The lowest BCUT2D eigenvalue weighted by molar-refractivity contribution is -0.136. The summed E-state index contributed by atoms with van der Waals surface area (Å²) in [6.45, 7) is 7.49. The minimum absolute atomic E-state index is 0.0997. The van der Waals surface area contributed by atoms with Crippen LogP contribution in [0.1, 0.15) is 19.0 Å². The summed E-state index contributed by atoms with van der Waals surface area (Å²) in [5.41, 5.74) is 1.58. The third-order valence-corrected chi connectivity index (χ3v) is 4.59. The molecule has 24 heavy (non-hydrogen) atoms. The highest BCUT2D eigenvalue weighted by molar-refractivity contribution is 5.89. The highest BCUT2D eigenvalue weighted by Gasteiger charge is 2.29. The van der Waals surface area contributed by atoms with Crippen molar-refractivity contribution in [2.45, 2.75) is 32.5 Å². The Hall–Kier alpha value is -1.93. The fourth-order valence-electron chi connectivity index (χ4n) is 3.13. The van der Waals surface area contributed by atoms with E-state index in [1.165, 1.54) is 7.11 Å². The van der Waals surface area contributed by atoms with Gasteiger partial charge in [0.15, 0.2) is 0 Å². The van der Waals surface area contributed by atoms with Crippen LogP contribution >= 0.6 is 0 Å². The summed E-state index contributed by atoms with van der Waals surface area (Å²) >= 11 is 0. The van der Waals surface area contributed by atoms with Crippen molar-refractivity contribution < 1.29 is 14.3 Å². The number of allylic oxidation sites excluding steroid dienone is 1. The van der Waals surface area contributed by atoms with Gasteiger partial charge in [0.05, 0.1) is 24.9 Å². The van der Waals surface area contributed by atoms with Gasteiger partial charge in [-0.2, -0.15) is 0 Å². The molecule has 1 saturated heterocycles. The minimum atomic E-state index is -0.315. The van der Waals surface area contributed by atoms with Gasteiger partial charge in [0, 0.05) is 45.3 Å². The zero-order chi connectivity index (χ0) is 17.1. The van der Waals surface area contributed by atoms with E-state index in [1.54, 1.807) is 11.6 Å². The quantitative estimate of drug-likeness (QED) is 0.715. The molecule has 0 radical (unpaired) electrons. The lowest BCUT2D eigenvalue weighted by Gasteiger charge is -2.31. The first-order valence-electron chi connectivity index (χ1n) is 8.29. The standard InChI is InChI=1S/C16H25N5O3/c1-12-15(16(22)23-3)8-14(24-12)11-21-10-13(17-18-21)9-20-6-4-19(2)5-7-20/h10,14H,4-9,11H2,1-3H3. The van der Waals surface area contributed by atoms with E-state index < -0.39 is 0 Å². The van der Waals surface area contributed by atoms with Crippen molar-refractivity contribution in [3.8, 4) is 0 Å². The van der Waals surface area contributed by atoms with Crippen molar-refractivity contribution in [3.63, 3.8) is 0 Å². The molecule has 1 aromatic rings. The van der Waals surface area contributed by atoms with E-state index in [0.29, 0.717) is 24.3 Å². The Bertz CT molecular complexity index is 619. The van der Waals surface area contributed by atoms with Crippen LogP contribution in [0.4, 0.5) is 0 Å². The van der Waals surface area contributed by atoms with Gasteiger partial charge < -0.3 is 14.4 Å². The fourth-order valence-corrected chi connectivity index (χ4v) is 3.13. The number of piperazine rings is 1. The monoisotopic (exact) mass is 335 g/mol. The van der Waals surface area contributed by atoms with Gasteiger partial charge >= 0.3 is 5.97 Å². The molecule has 1 fully saturated rings. The molecule has 8 heteroatoms. The summed E-state index contributed by atoms with van der Waals surface area (Å²) in [5.74, 6) is 0.328. The van der Waals surface area contributed by atoms with Gasteiger partial charge in [-0.1, -0.05) is 5.21 Å². The Morgan fingerprint density at radius 3 is 2.83 bits per heavy atom. The topological polar surface area (TPSA) is 72.7 Å². The number of hydrogen-bond acceptors (Lipinski definition) is 7. The number of carbonyl (C=O) groups is 1. The number of ether oxygens (including phenoxy) is 2. The van der Waals surface area contributed by atoms with Gasteiger partial charge in [-0.3, -0.25) is 4.90 Å². The van der Waals surface area contributed by atoms with E-state index in [9.17, 15) is 4.79 Å². The Labute approximate surface area is 142 Å². The number of nitrogens with zero attached hydrogens (tertiary/aromatic N) is 5. The van der Waals surface area contributed by atoms with Gasteiger partial charge in [-0.05, 0) is 14.0 Å². The van der Waals surface area contributed by atoms with Crippen molar-refractivity contribution in [1.82, 2.24) is 24.8 Å². The van der Waals surface area contributed by atoms with E-state index in [2.05, 4.69) is 27.2 Å². The molecule has 3 heterocycles. The predicted molar refractivity (Wildman–Crippen MR) is 87.0 cm³/mol. The predicted octanol–water partition coefficient (Wildman–Crippen LogP) is 0.261. The molecule has 0 aliphatic carbocycles. The number of methoxy groups -OCH3 is 1. The zero-order valence-electron chi connectivity index (χ0n) is 14.6. The highest BCUT2D eigenvalue weighted by Crippen LogP contribution is 2.26. The summed E-state index contributed by atoms with van der Waals surface area (Å²) in [7, 11) is 3.53. The molecule has 0 bridgehead atoms.